The molecule has 0 saturated heterocycles. The first-order chi connectivity index (χ1) is 12.1. The third-order valence-corrected chi connectivity index (χ3v) is 5.69. The van der Waals surface area contributed by atoms with Crippen LogP contribution in [0.2, 0.25) is 5.02 Å². The molecule has 0 fully saturated rings. The van der Waals surface area contributed by atoms with Crippen LogP contribution in [0.4, 0.5) is 0 Å². The second-order valence-corrected chi connectivity index (χ2v) is 7.34. The van der Waals surface area contributed by atoms with Crippen LogP contribution in [0.1, 0.15) is 18.8 Å². The third-order valence-electron chi connectivity index (χ3n) is 4.34. The van der Waals surface area contributed by atoms with Crippen LogP contribution in [0.5, 0.6) is 5.75 Å². The van der Waals surface area contributed by atoms with Gasteiger partial charge in [-0.3, -0.25) is 9.36 Å². The summed E-state index contributed by atoms with van der Waals surface area (Å²) in [4.78, 5) is 22.1. The molecule has 1 atom stereocenters. The van der Waals surface area contributed by atoms with Crippen molar-refractivity contribution in [2.75, 3.05) is 12.4 Å². The smallest absolute Gasteiger partial charge is 0.280 e. The van der Waals surface area contributed by atoms with Gasteiger partial charge >= 0.3 is 0 Å². The van der Waals surface area contributed by atoms with E-state index in [-0.39, 0.29) is 11.6 Å². The molecular formula is C17H17ClN4O2S. The Hall–Kier alpha value is -1.99. The molecule has 25 heavy (non-hydrogen) atoms. The van der Waals surface area contributed by atoms with Crippen LogP contribution in [0, 0.1) is 0 Å². The Balaban J connectivity index is 1.67. The van der Waals surface area contributed by atoms with Crippen molar-refractivity contribution in [2.45, 2.75) is 24.5 Å². The zero-order chi connectivity index (χ0) is 17.6. The molecular weight excluding hydrogens is 360 g/mol. The summed E-state index contributed by atoms with van der Waals surface area (Å²) < 4.78 is 9.43. The van der Waals surface area contributed by atoms with E-state index in [1.807, 2.05) is 30.7 Å². The van der Waals surface area contributed by atoms with Crippen molar-refractivity contribution in [1.82, 2.24) is 19.1 Å². The number of fused-ring (bicyclic) bond motifs is 2. The molecule has 4 rings (SSSR count). The lowest BCUT2D eigenvalue weighted by atomic mass is 10.3. The lowest BCUT2D eigenvalue weighted by Crippen LogP contribution is -2.29. The van der Waals surface area contributed by atoms with Crippen molar-refractivity contribution < 1.29 is 4.74 Å². The van der Waals surface area contributed by atoms with E-state index >= 15 is 0 Å². The van der Waals surface area contributed by atoms with Gasteiger partial charge in [0.2, 0.25) is 0 Å². The number of aromatic nitrogens is 4. The van der Waals surface area contributed by atoms with Gasteiger partial charge < -0.3 is 9.30 Å². The van der Waals surface area contributed by atoms with Gasteiger partial charge in [0.25, 0.3) is 5.56 Å². The number of ether oxygens (including phenoxy) is 1. The standard InChI is InChI=1S/C17H17ClN4O2S/c1-3-13-19-15-14(21(13)2)16(23)22-11(9-25-17(22)20-15)8-24-12-6-4-10(18)5-7-12/h4-7,11H,3,8-9H2,1-2H3. The maximum atomic E-state index is 13.0. The predicted molar refractivity (Wildman–Crippen MR) is 98.9 cm³/mol. The second-order valence-electron chi connectivity index (χ2n) is 5.91. The molecule has 0 radical (unpaired) electrons. The number of imidazole rings is 1. The Morgan fingerprint density at radius 1 is 1.32 bits per heavy atom. The summed E-state index contributed by atoms with van der Waals surface area (Å²) in [6.45, 7) is 2.43. The predicted octanol–water partition coefficient (Wildman–Crippen LogP) is 3.07. The summed E-state index contributed by atoms with van der Waals surface area (Å²) in [7, 11) is 1.87. The average Bonchev–Trinajstić information content (AvgIpc) is 3.16. The van der Waals surface area contributed by atoms with E-state index in [1.54, 1.807) is 28.5 Å². The Morgan fingerprint density at radius 2 is 2.08 bits per heavy atom. The van der Waals surface area contributed by atoms with Gasteiger partial charge in [-0.05, 0) is 24.3 Å². The fourth-order valence-electron chi connectivity index (χ4n) is 3.02. The number of benzene rings is 1. The molecule has 8 heteroatoms. The number of nitrogens with zero attached hydrogens (tertiary/aromatic N) is 4. The fraction of sp³-hybridized carbons (Fsp3) is 0.353. The van der Waals surface area contributed by atoms with Gasteiger partial charge in [0.1, 0.15) is 18.2 Å². The van der Waals surface area contributed by atoms with E-state index < -0.39 is 0 Å². The molecule has 1 unspecified atom stereocenters. The number of rotatable bonds is 4. The minimum Gasteiger partial charge on any atom is -0.491 e. The Bertz CT molecular complexity index is 997. The van der Waals surface area contributed by atoms with Gasteiger partial charge in [-0.1, -0.05) is 30.3 Å². The van der Waals surface area contributed by atoms with Gasteiger partial charge in [-0.2, -0.15) is 0 Å². The van der Waals surface area contributed by atoms with Crippen LogP contribution >= 0.6 is 23.4 Å². The molecule has 0 amide bonds. The van der Waals surface area contributed by atoms with Crippen LogP contribution in [-0.2, 0) is 13.5 Å². The molecule has 1 aliphatic rings. The number of hydrogen-bond acceptors (Lipinski definition) is 5. The summed E-state index contributed by atoms with van der Waals surface area (Å²) in [6.07, 6.45) is 0.762. The van der Waals surface area contributed by atoms with Crippen molar-refractivity contribution in [1.29, 1.82) is 0 Å². The number of hydrogen-bond donors (Lipinski definition) is 0. The zero-order valence-electron chi connectivity index (χ0n) is 13.9. The lowest BCUT2D eigenvalue weighted by Gasteiger charge is -2.14. The van der Waals surface area contributed by atoms with Crippen molar-refractivity contribution in [3.05, 3.63) is 45.5 Å². The Morgan fingerprint density at radius 3 is 2.80 bits per heavy atom. The van der Waals surface area contributed by atoms with Gasteiger partial charge in [-0.25, -0.2) is 9.97 Å². The normalized spacial score (nSPS) is 16.4. The summed E-state index contributed by atoms with van der Waals surface area (Å²) in [6, 6.07) is 7.16. The van der Waals surface area contributed by atoms with Gasteiger partial charge in [-0.15, -0.1) is 0 Å². The highest BCUT2D eigenvalue weighted by atomic mass is 35.5. The first-order valence-corrected chi connectivity index (χ1v) is 9.44. The molecule has 0 spiro atoms. The largest absolute Gasteiger partial charge is 0.491 e. The summed E-state index contributed by atoms with van der Waals surface area (Å²) >= 11 is 7.46. The molecule has 0 saturated carbocycles. The van der Waals surface area contributed by atoms with Crippen LogP contribution in [0.3, 0.4) is 0 Å². The first-order valence-electron chi connectivity index (χ1n) is 8.07. The minimum absolute atomic E-state index is 0.0515. The molecule has 130 valence electrons. The van der Waals surface area contributed by atoms with Crippen molar-refractivity contribution in [3.63, 3.8) is 0 Å². The van der Waals surface area contributed by atoms with Gasteiger partial charge in [0.05, 0.1) is 6.04 Å². The SMILES string of the molecule is CCc1nc2nc3n(c(=O)c2n1C)C(COc1ccc(Cl)cc1)CS3. The molecule has 6 nitrogen and oxygen atoms in total. The highest BCUT2D eigenvalue weighted by Crippen LogP contribution is 2.31. The fourth-order valence-corrected chi connectivity index (χ4v) is 4.26. The third kappa shape index (κ3) is 2.81. The Labute approximate surface area is 153 Å². The van der Waals surface area contributed by atoms with E-state index in [1.165, 1.54) is 0 Å². The van der Waals surface area contributed by atoms with Gasteiger partial charge in [0, 0.05) is 24.2 Å². The monoisotopic (exact) mass is 376 g/mol. The molecule has 1 aromatic carbocycles. The highest BCUT2D eigenvalue weighted by molar-refractivity contribution is 7.99. The van der Waals surface area contributed by atoms with E-state index in [9.17, 15) is 4.79 Å². The zero-order valence-corrected chi connectivity index (χ0v) is 15.5. The van der Waals surface area contributed by atoms with E-state index in [0.717, 1.165) is 23.7 Å². The van der Waals surface area contributed by atoms with Crippen molar-refractivity contribution >= 4 is 34.5 Å². The highest BCUT2D eigenvalue weighted by Gasteiger charge is 2.29. The topological polar surface area (TPSA) is 61.9 Å². The van der Waals surface area contributed by atoms with Crippen LogP contribution < -0.4 is 10.3 Å². The summed E-state index contributed by atoms with van der Waals surface area (Å²) in [5.74, 6) is 2.36. The van der Waals surface area contributed by atoms with E-state index in [4.69, 9.17) is 16.3 Å². The maximum absolute atomic E-state index is 13.0. The number of aryl methyl sites for hydroxylation is 2. The molecule has 0 bridgehead atoms. The minimum atomic E-state index is -0.0555. The van der Waals surface area contributed by atoms with Crippen molar-refractivity contribution in [3.8, 4) is 5.75 Å². The average molecular weight is 377 g/mol. The molecule has 2 aromatic heterocycles. The van der Waals surface area contributed by atoms with Crippen LogP contribution in [-0.4, -0.2) is 31.5 Å². The van der Waals surface area contributed by atoms with Gasteiger partial charge in [0.15, 0.2) is 16.3 Å². The molecule has 0 aliphatic carbocycles. The summed E-state index contributed by atoms with van der Waals surface area (Å²) in [5, 5.41) is 1.38. The number of halogens is 1. The summed E-state index contributed by atoms with van der Waals surface area (Å²) in [5.41, 5.74) is 1.03. The second kappa shape index (κ2) is 6.38. The number of thioether (sulfide) groups is 1. The molecule has 3 aromatic rings. The van der Waals surface area contributed by atoms with Crippen molar-refractivity contribution in [2.24, 2.45) is 7.05 Å². The lowest BCUT2D eigenvalue weighted by molar-refractivity contribution is 0.257. The molecule has 0 N–H and O–H groups in total. The maximum Gasteiger partial charge on any atom is 0.280 e. The van der Waals surface area contributed by atoms with Crippen LogP contribution in [0.25, 0.3) is 11.2 Å². The quantitative estimate of drug-likeness (QED) is 0.655. The first kappa shape index (κ1) is 16.5. The Kier molecular flexibility index (Phi) is 4.21. The van der Waals surface area contributed by atoms with Crippen LogP contribution in [0.15, 0.2) is 34.2 Å². The molecule has 1 aliphatic heterocycles. The molecule has 3 heterocycles. The van der Waals surface area contributed by atoms with E-state index in [2.05, 4.69) is 9.97 Å². The van der Waals surface area contributed by atoms with E-state index in [0.29, 0.717) is 27.9 Å².